The predicted octanol–water partition coefficient (Wildman–Crippen LogP) is 8.74. The van der Waals surface area contributed by atoms with Gasteiger partial charge in [-0.3, -0.25) is 14.4 Å². The number of benzene rings is 4. The van der Waals surface area contributed by atoms with Crippen LogP contribution >= 0.6 is 23.2 Å². The molecule has 1 aliphatic heterocycles. The summed E-state index contributed by atoms with van der Waals surface area (Å²) >= 11 is 12.7. The average molecular weight is 669 g/mol. The largest absolute Gasteiger partial charge is 0.369 e. The summed E-state index contributed by atoms with van der Waals surface area (Å²) in [4.78, 5) is 43.5. The minimum absolute atomic E-state index is 0.251. The molecule has 1 saturated carbocycles. The highest BCUT2D eigenvalue weighted by molar-refractivity contribution is 6.36. The highest BCUT2D eigenvalue weighted by Crippen LogP contribution is 2.42. The minimum atomic E-state index is -0.959. The molecule has 0 aromatic heterocycles. The van der Waals surface area contributed by atoms with Crippen LogP contribution in [-0.2, 0) is 20.9 Å². The van der Waals surface area contributed by atoms with Crippen LogP contribution in [0.25, 0.3) is 22.3 Å². The Morgan fingerprint density at radius 1 is 0.894 bits per heavy atom. The summed E-state index contributed by atoms with van der Waals surface area (Å²) < 4.78 is 0. The SMILES string of the molecule is CCCC(C(N)=O)C(CC1CCC1)C(=O)NC1C(=O)N(Cc2cccc(-c3ccc(Cl)cc3Cl)c2)c2ccccc2-c2ccccc21. The zero-order chi connectivity index (χ0) is 33.1. The van der Waals surface area contributed by atoms with Crippen molar-refractivity contribution in [3.8, 4) is 22.3 Å². The van der Waals surface area contributed by atoms with E-state index in [0.29, 0.717) is 28.8 Å². The summed E-state index contributed by atoms with van der Waals surface area (Å²) in [6, 6.07) is 27.9. The number of amides is 3. The Hall–Kier alpha value is -4.13. The van der Waals surface area contributed by atoms with Crippen molar-refractivity contribution in [2.45, 2.75) is 58.0 Å². The molecule has 3 unspecified atom stereocenters. The van der Waals surface area contributed by atoms with Crippen LogP contribution in [0, 0.1) is 17.8 Å². The first kappa shape index (κ1) is 32.8. The van der Waals surface area contributed by atoms with Gasteiger partial charge in [-0.05, 0) is 65.3 Å². The van der Waals surface area contributed by atoms with Gasteiger partial charge < -0.3 is 16.0 Å². The topological polar surface area (TPSA) is 92.5 Å². The lowest BCUT2D eigenvalue weighted by Crippen LogP contribution is -2.47. The van der Waals surface area contributed by atoms with Gasteiger partial charge >= 0.3 is 0 Å². The fourth-order valence-electron chi connectivity index (χ4n) is 7.03. The fourth-order valence-corrected chi connectivity index (χ4v) is 7.55. The summed E-state index contributed by atoms with van der Waals surface area (Å²) in [5.41, 5.74) is 11.8. The number of nitrogens with two attached hydrogens (primary N) is 1. The number of fused-ring (bicyclic) bond motifs is 3. The zero-order valence-corrected chi connectivity index (χ0v) is 27.9. The van der Waals surface area contributed by atoms with Crippen LogP contribution in [0.5, 0.6) is 0 Å². The lowest BCUT2D eigenvalue weighted by atomic mass is 9.73. The van der Waals surface area contributed by atoms with Gasteiger partial charge in [0.2, 0.25) is 11.8 Å². The Labute approximate surface area is 286 Å². The molecule has 0 bridgehead atoms. The summed E-state index contributed by atoms with van der Waals surface area (Å²) in [5.74, 6) is -1.82. The van der Waals surface area contributed by atoms with Crippen molar-refractivity contribution < 1.29 is 14.4 Å². The van der Waals surface area contributed by atoms with Crippen LogP contribution < -0.4 is 16.0 Å². The third kappa shape index (κ3) is 6.95. The molecule has 8 heteroatoms. The molecule has 6 rings (SSSR count). The van der Waals surface area contributed by atoms with E-state index in [1.807, 2.05) is 85.8 Å². The number of primary amides is 1. The molecule has 1 aliphatic carbocycles. The summed E-state index contributed by atoms with van der Waals surface area (Å²) in [6.45, 7) is 2.25. The second-order valence-electron chi connectivity index (χ2n) is 12.7. The number of nitrogens with one attached hydrogen (secondary N) is 1. The molecule has 0 radical (unpaired) electrons. The first-order valence-corrected chi connectivity index (χ1v) is 17.1. The number of nitrogens with zero attached hydrogens (tertiary/aromatic N) is 1. The lowest BCUT2D eigenvalue weighted by molar-refractivity contribution is -0.136. The second-order valence-corrected chi connectivity index (χ2v) is 13.6. The van der Waals surface area contributed by atoms with Crippen LogP contribution in [0.15, 0.2) is 91.0 Å². The third-order valence-corrected chi connectivity index (χ3v) is 10.2. The van der Waals surface area contributed by atoms with E-state index in [1.54, 1.807) is 17.0 Å². The number of carbonyl (C=O) groups excluding carboxylic acids is 3. The molecule has 4 aromatic carbocycles. The maximum absolute atomic E-state index is 14.8. The van der Waals surface area contributed by atoms with Crippen molar-refractivity contribution in [3.05, 3.63) is 112 Å². The molecule has 3 atom stereocenters. The Bertz CT molecular complexity index is 1800. The zero-order valence-electron chi connectivity index (χ0n) is 26.4. The summed E-state index contributed by atoms with van der Waals surface area (Å²) in [6.07, 6.45) is 5.05. The maximum Gasteiger partial charge on any atom is 0.254 e. The summed E-state index contributed by atoms with van der Waals surface area (Å²) in [5, 5.41) is 4.24. The molecule has 4 aromatic rings. The highest BCUT2D eigenvalue weighted by atomic mass is 35.5. The normalized spacial score (nSPS) is 17.1. The Morgan fingerprint density at radius 2 is 1.64 bits per heavy atom. The first-order chi connectivity index (χ1) is 22.7. The van der Waals surface area contributed by atoms with Crippen LogP contribution in [0.2, 0.25) is 10.0 Å². The smallest absolute Gasteiger partial charge is 0.254 e. The van der Waals surface area contributed by atoms with Gasteiger partial charge in [-0.25, -0.2) is 0 Å². The van der Waals surface area contributed by atoms with Gasteiger partial charge in [-0.15, -0.1) is 0 Å². The van der Waals surface area contributed by atoms with Gasteiger partial charge in [-0.2, -0.15) is 0 Å². The average Bonchev–Trinajstić information content (AvgIpc) is 3.13. The molecule has 2 aliphatic rings. The first-order valence-electron chi connectivity index (χ1n) is 16.4. The molecule has 3 N–H and O–H groups in total. The number of anilines is 1. The number of para-hydroxylation sites is 1. The number of rotatable bonds is 11. The van der Waals surface area contributed by atoms with Crippen molar-refractivity contribution >= 4 is 46.6 Å². The van der Waals surface area contributed by atoms with Gasteiger partial charge in [0.1, 0.15) is 6.04 Å². The maximum atomic E-state index is 14.8. The third-order valence-electron chi connectivity index (χ3n) is 9.67. The van der Waals surface area contributed by atoms with Gasteiger partial charge in [-0.1, -0.05) is 123 Å². The monoisotopic (exact) mass is 667 g/mol. The van der Waals surface area contributed by atoms with Crippen molar-refractivity contribution in [2.75, 3.05) is 4.90 Å². The molecule has 0 saturated heterocycles. The quantitative estimate of drug-likeness (QED) is 0.167. The number of hydrogen-bond donors (Lipinski definition) is 2. The second kappa shape index (κ2) is 14.3. The molecule has 3 amide bonds. The van der Waals surface area contributed by atoms with Crippen LogP contribution in [0.3, 0.4) is 0 Å². The molecular weight excluding hydrogens is 629 g/mol. The van der Waals surface area contributed by atoms with E-state index in [4.69, 9.17) is 28.9 Å². The highest BCUT2D eigenvalue weighted by Gasteiger charge is 2.40. The fraction of sp³-hybridized carbons (Fsp3) is 0.308. The van der Waals surface area contributed by atoms with E-state index in [1.165, 1.54) is 0 Å². The van der Waals surface area contributed by atoms with Crippen molar-refractivity contribution in [3.63, 3.8) is 0 Å². The van der Waals surface area contributed by atoms with E-state index < -0.39 is 23.8 Å². The van der Waals surface area contributed by atoms with Gasteiger partial charge in [0.25, 0.3) is 5.91 Å². The van der Waals surface area contributed by atoms with E-state index in [2.05, 4.69) is 5.32 Å². The molecule has 1 fully saturated rings. The van der Waals surface area contributed by atoms with Crippen LogP contribution in [-0.4, -0.2) is 17.7 Å². The number of carbonyl (C=O) groups is 3. The Kier molecular flexibility index (Phi) is 10.00. The van der Waals surface area contributed by atoms with Gasteiger partial charge in [0.05, 0.1) is 12.2 Å². The van der Waals surface area contributed by atoms with Crippen LogP contribution in [0.4, 0.5) is 5.69 Å². The molecule has 242 valence electrons. The lowest BCUT2D eigenvalue weighted by Gasteiger charge is -2.33. The Morgan fingerprint density at radius 3 is 2.34 bits per heavy atom. The minimum Gasteiger partial charge on any atom is -0.369 e. The van der Waals surface area contributed by atoms with E-state index in [9.17, 15) is 14.4 Å². The molecule has 0 spiro atoms. The summed E-state index contributed by atoms with van der Waals surface area (Å²) in [7, 11) is 0. The predicted molar refractivity (Wildman–Crippen MR) is 189 cm³/mol. The van der Waals surface area contributed by atoms with Crippen molar-refractivity contribution in [1.29, 1.82) is 0 Å². The molecule has 1 heterocycles. The van der Waals surface area contributed by atoms with Crippen molar-refractivity contribution in [1.82, 2.24) is 5.32 Å². The molecular formula is C39H39Cl2N3O3. The molecule has 47 heavy (non-hydrogen) atoms. The Balaban J connectivity index is 1.38. The number of halogens is 2. The van der Waals surface area contributed by atoms with E-state index in [-0.39, 0.29) is 18.4 Å². The van der Waals surface area contributed by atoms with E-state index in [0.717, 1.165) is 64.8 Å². The molecule has 6 nitrogen and oxygen atoms in total. The van der Waals surface area contributed by atoms with Gasteiger partial charge in [0.15, 0.2) is 0 Å². The standard InChI is InChI=1S/C39H39Cl2N3O3/c1-2-9-32(37(42)45)33(21-24-10-7-11-24)38(46)43-36-31-16-4-3-14-29(31)30-15-5-6-17-35(30)44(39(36)47)23-25-12-8-13-26(20-25)28-19-18-27(40)22-34(28)41/h3-6,8,12-20,22,24,32-33,36H,2,7,9-11,21,23H2,1H3,(H2,42,45)(H,43,46). The van der Waals surface area contributed by atoms with Crippen molar-refractivity contribution in [2.24, 2.45) is 23.5 Å². The van der Waals surface area contributed by atoms with Crippen LogP contribution in [0.1, 0.15) is 62.6 Å². The van der Waals surface area contributed by atoms with Gasteiger partial charge in [0, 0.05) is 33.0 Å². The number of hydrogen-bond acceptors (Lipinski definition) is 3. The van der Waals surface area contributed by atoms with E-state index >= 15 is 0 Å².